The predicted molar refractivity (Wildman–Crippen MR) is 60.5 cm³/mol. The van der Waals surface area contributed by atoms with Gasteiger partial charge in [-0.2, -0.15) is 0 Å². The van der Waals surface area contributed by atoms with Crippen LogP contribution in [-0.2, 0) is 0 Å². The Balaban J connectivity index is 1.86. The van der Waals surface area contributed by atoms with Crippen molar-refractivity contribution < 1.29 is 0 Å². The molecule has 0 aromatic rings. The minimum atomic E-state index is 0.800. The molecule has 0 aromatic carbocycles. The van der Waals surface area contributed by atoms with Crippen LogP contribution in [0, 0.1) is 5.92 Å². The van der Waals surface area contributed by atoms with Gasteiger partial charge in [-0.15, -0.1) is 0 Å². The first kappa shape index (κ1) is 10.4. The van der Waals surface area contributed by atoms with Crippen molar-refractivity contribution in [3.8, 4) is 0 Å². The third-order valence-electron chi connectivity index (χ3n) is 3.95. The molecule has 82 valence electrons. The molecular formula is C12H24N2. The Kier molecular flexibility index (Phi) is 3.45. The average Bonchev–Trinajstić information content (AvgIpc) is 3.04. The molecule has 1 saturated carbocycles. The third-order valence-corrected chi connectivity index (χ3v) is 3.95. The number of hydrogen-bond acceptors (Lipinski definition) is 2. The van der Waals surface area contributed by atoms with Crippen LogP contribution in [0.25, 0.3) is 0 Å². The van der Waals surface area contributed by atoms with E-state index in [0.717, 1.165) is 18.0 Å². The Labute approximate surface area is 88.1 Å². The van der Waals surface area contributed by atoms with Gasteiger partial charge in [0.15, 0.2) is 0 Å². The van der Waals surface area contributed by atoms with Crippen LogP contribution in [0.4, 0.5) is 0 Å². The van der Waals surface area contributed by atoms with Gasteiger partial charge in [-0.25, -0.2) is 0 Å². The molecule has 2 fully saturated rings. The van der Waals surface area contributed by atoms with Crippen molar-refractivity contribution >= 4 is 0 Å². The first-order valence-corrected chi connectivity index (χ1v) is 6.25. The fourth-order valence-corrected chi connectivity index (χ4v) is 2.89. The Morgan fingerprint density at radius 2 is 2.14 bits per heavy atom. The van der Waals surface area contributed by atoms with Gasteiger partial charge in [0.25, 0.3) is 0 Å². The zero-order valence-corrected chi connectivity index (χ0v) is 9.63. The largest absolute Gasteiger partial charge is 0.315 e. The van der Waals surface area contributed by atoms with Crippen LogP contribution in [0.2, 0.25) is 0 Å². The van der Waals surface area contributed by atoms with E-state index in [1.807, 2.05) is 0 Å². The van der Waals surface area contributed by atoms with Crippen molar-refractivity contribution in [3.05, 3.63) is 0 Å². The van der Waals surface area contributed by atoms with Gasteiger partial charge in [-0.3, -0.25) is 4.90 Å². The highest BCUT2D eigenvalue weighted by Gasteiger charge is 2.35. The van der Waals surface area contributed by atoms with Crippen molar-refractivity contribution in [2.45, 2.75) is 51.1 Å². The summed E-state index contributed by atoms with van der Waals surface area (Å²) in [6.07, 6.45) is 7.03. The molecule has 0 radical (unpaired) electrons. The Morgan fingerprint density at radius 3 is 2.64 bits per heavy atom. The fourth-order valence-electron chi connectivity index (χ4n) is 2.89. The van der Waals surface area contributed by atoms with E-state index < -0.39 is 0 Å². The second kappa shape index (κ2) is 4.63. The lowest BCUT2D eigenvalue weighted by Crippen LogP contribution is -2.48. The van der Waals surface area contributed by atoms with Crippen molar-refractivity contribution in [2.24, 2.45) is 5.92 Å². The molecule has 2 unspecified atom stereocenters. The molecule has 0 amide bonds. The molecule has 2 atom stereocenters. The highest BCUT2D eigenvalue weighted by Crippen LogP contribution is 2.37. The number of likely N-dealkylation sites (N-methyl/N-ethyl adjacent to an activating group) is 1. The van der Waals surface area contributed by atoms with E-state index in [9.17, 15) is 0 Å². The molecule has 1 aliphatic carbocycles. The second-order valence-electron chi connectivity index (χ2n) is 4.98. The quantitative estimate of drug-likeness (QED) is 0.738. The van der Waals surface area contributed by atoms with Crippen LogP contribution in [0.3, 0.4) is 0 Å². The van der Waals surface area contributed by atoms with Crippen molar-refractivity contribution in [1.82, 2.24) is 10.2 Å². The lowest BCUT2D eigenvalue weighted by atomic mass is 10.0. The molecule has 1 saturated heterocycles. The van der Waals surface area contributed by atoms with E-state index in [2.05, 4.69) is 24.2 Å². The Hall–Kier alpha value is -0.0800. The molecular weight excluding hydrogens is 172 g/mol. The molecule has 0 aromatic heterocycles. The van der Waals surface area contributed by atoms with E-state index in [1.54, 1.807) is 0 Å². The van der Waals surface area contributed by atoms with Gasteiger partial charge in [0.1, 0.15) is 0 Å². The van der Waals surface area contributed by atoms with E-state index >= 15 is 0 Å². The lowest BCUT2D eigenvalue weighted by molar-refractivity contribution is 0.128. The molecule has 0 bridgehead atoms. The van der Waals surface area contributed by atoms with E-state index in [1.165, 1.54) is 45.2 Å². The maximum absolute atomic E-state index is 3.51. The fraction of sp³-hybridized carbons (Fsp3) is 1.00. The van der Waals surface area contributed by atoms with Gasteiger partial charge in [0.05, 0.1) is 0 Å². The maximum atomic E-state index is 3.51. The third kappa shape index (κ3) is 2.29. The monoisotopic (exact) mass is 196 g/mol. The SMILES string of the molecule is CCC(C1CC1)N(C)C1CCCNC1. The van der Waals surface area contributed by atoms with Crippen LogP contribution in [-0.4, -0.2) is 37.1 Å². The van der Waals surface area contributed by atoms with E-state index in [4.69, 9.17) is 0 Å². The normalized spacial score (nSPS) is 30.6. The molecule has 14 heavy (non-hydrogen) atoms. The summed E-state index contributed by atoms with van der Waals surface area (Å²) in [7, 11) is 2.34. The number of piperidine rings is 1. The zero-order valence-electron chi connectivity index (χ0n) is 9.63. The van der Waals surface area contributed by atoms with Gasteiger partial charge in [0, 0.05) is 18.6 Å². The topological polar surface area (TPSA) is 15.3 Å². The van der Waals surface area contributed by atoms with Gasteiger partial charge in [-0.05, 0) is 51.6 Å². The first-order valence-electron chi connectivity index (χ1n) is 6.25. The molecule has 2 aliphatic rings. The van der Waals surface area contributed by atoms with E-state index in [-0.39, 0.29) is 0 Å². The summed E-state index contributed by atoms with van der Waals surface area (Å²) >= 11 is 0. The number of hydrogen-bond donors (Lipinski definition) is 1. The maximum Gasteiger partial charge on any atom is 0.0221 e. The van der Waals surface area contributed by atoms with Crippen molar-refractivity contribution in [3.63, 3.8) is 0 Å². The highest BCUT2D eigenvalue weighted by molar-refractivity contribution is 4.90. The number of rotatable bonds is 4. The summed E-state index contributed by atoms with van der Waals surface area (Å²) in [6, 6.07) is 1.66. The van der Waals surface area contributed by atoms with Gasteiger partial charge >= 0.3 is 0 Å². The summed E-state index contributed by atoms with van der Waals surface area (Å²) in [6.45, 7) is 4.78. The van der Waals surface area contributed by atoms with Crippen LogP contribution >= 0.6 is 0 Å². The molecule has 2 heteroatoms. The van der Waals surface area contributed by atoms with Crippen molar-refractivity contribution in [2.75, 3.05) is 20.1 Å². The predicted octanol–water partition coefficient (Wildman–Crippen LogP) is 1.86. The number of nitrogens with zero attached hydrogens (tertiary/aromatic N) is 1. The molecule has 0 spiro atoms. The number of nitrogens with one attached hydrogen (secondary N) is 1. The summed E-state index contributed by atoms with van der Waals surface area (Å²) in [5.41, 5.74) is 0. The zero-order chi connectivity index (χ0) is 9.97. The lowest BCUT2D eigenvalue weighted by Gasteiger charge is -2.37. The minimum absolute atomic E-state index is 0.800. The molecule has 2 rings (SSSR count). The van der Waals surface area contributed by atoms with Crippen LogP contribution < -0.4 is 5.32 Å². The van der Waals surface area contributed by atoms with Crippen LogP contribution in [0.5, 0.6) is 0 Å². The molecule has 1 aliphatic heterocycles. The Morgan fingerprint density at radius 1 is 1.36 bits per heavy atom. The summed E-state index contributed by atoms with van der Waals surface area (Å²) in [5, 5.41) is 3.51. The highest BCUT2D eigenvalue weighted by atomic mass is 15.2. The van der Waals surface area contributed by atoms with Crippen molar-refractivity contribution in [1.29, 1.82) is 0 Å². The summed E-state index contributed by atoms with van der Waals surface area (Å²) in [4.78, 5) is 2.66. The minimum Gasteiger partial charge on any atom is -0.315 e. The van der Waals surface area contributed by atoms with Crippen LogP contribution in [0.15, 0.2) is 0 Å². The summed E-state index contributed by atoms with van der Waals surface area (Å²) in [5.74, 6) is 1.02. The van der Waals surface area contributed by atoms with E-state index in [0.29, 0.717) is 0 Å². The molecule has 1 heterocycles. The summed E-state index contributed by atoms with van der Waals surface area (Å²) < 4.78 is 0. The molecule has 2 nitrogen and oxygen atoms in total. The second-order valence-corrected chi connectivity index (χ2v) is 4.98. The standard InChI is InChI=1S/C12H24N2/c1-3-12(10-6-7-10)14(2)11-5-4-8-13-9-11/h10-13H,3-9H2,1-2H3. The smallest absolute Gasteiger partial charge is 0.0221 e. The molecule has 1 N–H and O–H groups in total. The average molecular weight is 196 g/mol. The first-order chi connectivity index (χ1) is 6.83. The van der Waals surface area contributed by atoms with Gasteiger partial charge in [-0.1, -0.05) is 6.92 Å². The van der Waals surface area contributed by atoms with Gasteiger partial charge in [0.2, 0.25) is 0 Å². The van der Waals surface area contributed by atoms with Gasteiger partial charge < -0.3 is 5.32 Å². The van der Waals surface area contributed by atoms with Crippen LogP contribution in [0.1, 0.15) is 39.0 Å². The Bertz CT molecular complexity index is 171.